The number of nitrogen functional groups attached to an aromatic ring is 1. The molecule has 2 rings (SSSR count). The van der Waals surface area contributed by atoms with Gasteiger partial charge in [-0.2, -0.15) is 0 Å². The van der Waals surface area contributed by atoms with E-state index in [-0.39, 0.29) is 11.4 Å². The zero-order chi connectivity index (χ0) is 13.7. The monoisotopic (exact) mass is 285 g/mol. The zero-order valence-electron chi connectivity index (χ0n) is 10.6. The predicted octanol–water partition coefficient (Wildman–Crippen LogP) is 0.677. The van der Waals surface area contributed by atoms with Crippen molar-refractivity contribution in [1.82, 2.24) is 4.72 Å². The number of benzene rings is 1. The van der Waals surface area contributed by atoms with Crippen LogP contribution in [0.3, 0.4) is 0 Å². The van der Waals surface area contributed by atoms with E-state index in [0.717, 1.165) is 6.61 Å². The summed E-state index contributed by atoms with van der Waals surface area (Å²) >= 11 is 0. The predicted molar refractivity (Wildman–Crippen MR) is 73.0 cm³/mol. The highest BCUT2D eigenvalue weighted by Gasteiger charge is 2.21. The van der Waals surface area contributed by atoms with Crippen LogP contribution in [0.25, 0.3) is 0 Å². The molecule has 0 heterocycles. The summed E-state index contributed by atoms with van der Waals surface area (Å²) in [7, 11) is -3.56. The van der Waals surface area contributed by atoms with Crippen molar-refractivity contribution >= 4 is 15.7 Å². The van der Waals surface area contributed by atoms with Crippen LogP contribution in [0.1, 0.15) is 12.8 Å². The lowest BCUT2D eigenvalue weighted by Crippen LogP contribution is -2.28. The van der Waals surface area contributed by atoms with Gasteiger partial charge in [0.1, 0.15) is 4.90 Å². The molecular weight excluding hydrogens is 266 g/mol. The van der Waals surface area contributed by atoms with Gasteiger partial charge in [0.2, 0.25) is 10.0 Å². The minimum absolute atomic E-state index is 0.139. The average Bonchev–Trinajstić information content (AvgIpc) is 3.22. The second kappa shape index (κ2) is 6.33. The van der Waals surface area contributed by atoms with Gasteiger partial charge in [0.15, 0.2) is 0 Å². The smallest absolute Gasteiger partial charge is 0.242 e. The lowest BCUT2D eigenvalue weighted by Gasteiger charge is -2.10. The molecule has 0 amide bonds. The van der Waals surface area contributed by atoms with Crippen LogP contribution in [0.5, 0.6) is 0 Å². The van der Waals surface area contributed by atoms with Crippen molar-refractivity contribution in [3.63, 3.8) is 0 Å². The first-order chi connectivity index (χ1) is 9.13. The average molecular weight is 285 g/mol. The fourth-order valence-corrected chi connectivity index (χ4v) is 2.86. The van der Waals surface area contributed by atoms with Gasteiger partial charge in [0, 0.05) is 13.2 Å². The van der Waals surface area contributed by atoms with Crippen molar-refractivity contribution in [3.05, 3.63) is 24.3 Å². The number of nitrogens with two attached hydrogens (primary N) is 1. The summed E-state index contributed by atoms with van der Waals surface area (Å²) in [6.45, 7) is 1.37. The van der Waals surface area contributed by atoms with Gasteiger partial charge < -0.3 is 10.2 Å². The Kier molecular flexibility index (Phi) is 4.76. The van der Waals surface area contributed by atoms with Crippen LogP contribution in [0.15, 0.2) is 29.2 Å². The van der Waals surface area contributed by atoms with Gasteiger partial charge >= 0.3 is 0 Å². The number of ether oxygens (including phenoxy) is 1. The molecule has 1 aliphatic carbocycles. The largest absolute Gasteiger partial charge is 0.380 e. The van der Waals surface area contributed by atoms with Crippen molar-refractivity contribution in [2.75, 3.05) is 25.2 Å². The molecule has 0 saturated heterocycles. The number of nitrogens with one attached hydrogen (secondary N) is 2. The van der Waals surface area contributed by atoms with Crippen LogP contribution in [0.4, 0.5) is 5.69 Å². The Balaban J connectivity index is 1.86. The summed E-state index contributed by atoms with van der Waals surface area (Å²) in [5.41, 5.74) is 2.75. The second-order valence-electron chi connectivity index (χ2n) is 4.56. The van der Waals surface area contributed by atoms with Gasteiger partial charge in [-0.05, 0) is 30.9 Å². The van der Waals surface area contributed by atoms with Gasteiger partial charge in [0.25, 0.3) is 0 Å². The third kappa shape index (κ3) is 4.17. The summed E-state index contributed by atoms with van der Waals surface area (Å²) in [4.78, 5) is 0.139. The quantitative estimate of drug-likeness (QED) is 0.371. The lowest BCUT2D eigenvalue weighted by molar-refractivity contribution is 0.129. The summed E-state index contributed by atoms with van der Waals surface area (Å²) in [5, 5.41) is 0. The van der Waals surface area contributed by atoms with E-state index in [4.69, 9.17) is 10.6 Å². The van der Waals surface area contributed by atoms with Crippen LogP contribution in [0.2, 0.25) is 0 Å². The van der Waals surface area contributed by atoms with Gasteiger partial charge in [-0.25, -0.2) is 13.1 Å². The molecule has 1 aliphatic rings. The summed E-state index contributed by atoms with van der Waals surface area (Å²) in [6.07, 6.45) is 2.45. The topological polar surface area (TPSA) is 93.5 Å². The first-order valence-corrected chi connectivity index (χ1v) is 7.75. The number of rotatable bonds is 8. The SMILES string of the molecule is NNc1ccccc1S(=O)(=O)NCCOCC1CC1. The number of hydrogen-bond acceptors (Lipinski definition) is 5. The fraction of sp³-hybridized carbons (Fsp3) is 0.500. The van der Waals surface area contributed by atoms with E-state index < -0.39 is 10.0 Å². The third-order valence-electron chi connectivity index (χ3n) is 2.92. The molecule has 1 aromatic rings. The van der Waals surface area contributed by atoms with Crippen molar-refractivity contribution in [1.29, 1.82) is 0 Å². The van der Waals surface area contributed by atoms with Crippen molar-refractivity contribution in [2.24, 2.45) is 11.8 Å². The van der Waals surface area contributed by atoms with Crippen LogP contribution in [-0.4, -0.2) is 28.2 Å². The molecule has 0 radical (unpaired) electrons. The third-order valence-corrected chi connectivity index (χ3v) is 4.44. The first kappa shape index (κ1) is 14.3. The van der Waals surface area contributed by atoms with Crippen molar-refractivity contribution in [3.8, 4) is 0 Å². The molecule has 4 N–H and O–H groups in total. The Bertz CT molecular complexity index is 515. The fourth-order valence-electron chi connectivity index (χ4n) is 1.68. The van der Waals surface area contributed by atoms with Crippen molar-refractivity contribution < 1.29 is 13.2 Å². The van der Waals surface area contributed by atoms with E-state index in [0.29, 0.717) is 18.2 Å². The Morgan fingerprint density at radius 1 is 1.32 bits per heavy atom. The molecule has 1 saturated carbocycles. The molecule has 0 spiro atoms. The molecule has 0 aromatic heterocycles. The van der Waals surface area contributed by atoms with E-state index in [1.807, 2.05) is 0 Å². The molecule has 1 aromatic carbocycles. The Morgan fingerprint density at radius 2 is 2.05 bits per heavy atom. The number of hydrazine groups is 1. The summed E-state index contributed by atoms with van der Waals surface area (Å²) in [6, 6.07) is 6.48. The number of anilines is 1. The Hall–Kier alpha value is -1.15. The minimum Gasteiger partial charge on any atom is -0.380 e. The molecule has 19 heavy (non-hydrogen) atoms. The van der Waals surface area contributed by atoms with E-state index in [1.54, 1.807) is 18.2 Å². The molecular formula is C12H19N3O3S. The molecule has 0 unspecified atom stereocenters. The molecule has 1 fully saturated rings. The second-order valence-corrected chi connectivity index (χ2v) is 6.29. The maximum atomic E-state index is 12.1. The Labute approximate surface area is 113 Å². The van der Waals surface area contributed by atoms with Gasteiger partial charge in [0.05, 0.1) is 12.3 Å². The highest BCUT2D eigenvalue weighted by Crippen LogP contribution is 2.28. The summed E-state index contributed by atoms with van der Waals surface area (Å²) in [5.74, 6) is 5.98. The molecule has 0 atom stereocenters. The molecule has 6 nitrogen and oxygen atoms in total. The van der Waals surface area contributed by atoms with Gasteiger partial charge in [-0.15, -0.1) is 0 Å². The van der Waals surface area contributed by atoms with Crippen LogP contribution < -0.4 is 16.0 Å². The molecule has 0 aliphatic heterocycles. The molecule has 7 heteroatoms. The maximum absolute atomic E-state index is 12.1. The zero-order valence-corrected chi connectivity index (χ0v) is 11.4. The van der Waals surface area contributed by atoms with Crippen LogP contribution in [0, 0.1) is 5.92 Å². The van der Waals surface area contributed by atoms with E-state index in [1.165, 1.54) is 18.9 Å². The summed E-state index contributed by atoms with van der Waals surface area (Å²) < 4.78 is 32.0. The van der Waals surface area contributed by atoms with Gasteiger partial charge in [-0.1, -0.05) is 12.1 Å². The Morgan fingerprint density at radius 3 is 2.74 bits per heavy atom. The minimum atomic E-state index is -3.56. The van der Waals surface area contributed by atoms with Crippen LogP contribution in [-0.2, 0) is 14.8 Å². The number of para-hydroxylation sites is 1. The molecule has 106 valence electrons. The normalized spacial score (nSPS) is 15.4. The first-order valence-electron chi connectivity index (χ1n) is 6.26. The van der Waals surface area contributed by atoms with Gasteiger partial charge in [-0.3, -0.25) is 5.84 Å². The van der Waals surface area contributed by atoms with E-state index in [9.17, 15) is 8.42 Å². The standard InChI is InChI=1S/C12H19N3O3S/c13-15-11-3-1-2-4-12(11)19(16,17)14-7-8-18-9-10-5-6-10/h1-4,10,14-15H,5-9,13H2. The molecule has 0 bridgehead atoms. The van der Waals surface area contributed by atoms with Crippen molar-refractivity contribution in [2.45, 2.75) is 17.7 Å². The number of sulfonamides is 1. The van der Waals surface area contributed by atoms with E-state index in [2.05, 4.69) is 10.1 Å². The van der Waals surface area contributed by atoms with Crippen LogP contribution >= 0.6 is 0 Å². The maximum Gasteiger partial charge on any atom is 0.242 e. The van der Waals surface area contributed by atoms with E-state index >= 15 is 0 Å². The highest BCUT2D eigenvalue weighted by atomic mass is 32.2. The number of hydrogen-bond donors (Lipinski definition) is 3. The highest BCUT2D eigenvalue weighted by molar-refractivity contribution is 7.89. The lowest BCUT2D eigenvalue weighted by atomic mass is 10.3.